The van der Waals surface area contributed by atoms with Gasteiger partial charge < -0.3 is 10.0 Å². The lowest BCUT2D eigenvalue weighted by Gasteiger charge is -2.34. The number of hydrogen-bond acceptors (Lipinski definition) is 4. The van der Waals surface area contributed by atoms with E-state index in [1.807, 2.05) is 0 Å². The molecule has 0 atom stereocenters. The van der Waals surface area contributed by atoms with E-state index in [1.54, 1.807) is 20.8 Å². The number of benzene rings is 1. The topological polar surface area (TPSA) is 101 Å². The van der Waals surface area contributed by atoms with Crippen molar-refractivity contribution in [3.05, 3.63) is 38.9 Å². The third-order valence-electron chi connectivity index (χ3n) is 2.74. The summed E-state index contributed by atoms with van der Waals surface area (Å²) in [6.07, 6.45) is 0. The molecule has 0 unspecified atom stereocenters. The van der Waals surface area contributed by atoms with E-state index >= 15 is 0 Å². The van der Waals surface area contributed by atoms with Gasteiger partial charge in [-0.3, -0.25) is 19.7 Å². The first-order chi connectivity index (χ1) is 9.54. The summed E-state index contributed by atoms with van der Waals surface area (Å²) in [7, 11) is 0. The quantitative estimate of drug-likeness (QED) is 0.680. The Kier molecular flexibility index (Phi) is 4.90. The van der Waals surface area contributed by atoms with Crippen LogP contribution in [0.15, 0.2) is 18.2 Å². The monoisotopic (exact) mass is 314 g/mol. The van der Waals surface area contributed by atoms with Crippen molar-refractivity contribution in [2.75, 3.05) is 6.54 Å². The summed E-state index contributed by atoms with van der Waals surface area (Å²) in [6.45, 7) is 4.39. The molecule has 0 heterocycles. The van der Waals surface area contributed by atoms with Gasteiger partial charge in [0.1, 0.15) is 12.1 Å². The van der Waals surface area contributed by atoms with Crippen molar-refractivity contribution in [1.29, 1.82) is 0 Å². The van der Waals surface area contributed by atoms with Crippen LogP contribution in [0.4, 0.5) is 5.69 Å². The Balaban J connectivity index is 3.33. The van der Waals surface area contributed by atoms with Gasteiger partial charge in [0.15, 0.2) is 0 Å². The molecule has 0 saturated carbocycles. The molecule has 114 valence electrons. The van der Waals surface area contributed by atoms with Crippen molar-refractivity contribution < 1.29 is 19.6 Å². The summed E-state index contributed by atoms with van der Waals surface area (Å²) in [6, 6.07) is 3.64. The van der Waals surface area contributed by atoms with Gasteiger partial charge >= 0.3 is 5.97 Å². The van der Waals surface area contributed by atoms with E-state index in [0.29, 0.717) is 0 Å². The zero-order valence-electron chi connectivity index (χ0n) is 11.8. The first-order valence-corrected chi connectivity index (χ1v) is 6.39. The van der Waals surface area contributed by atoms with E-state index in [9.17, 15) is 19.7 Å². The number of aliphatic carboxylic acids is 1. The van der Waals surface area contributed by atoms with E-state index < -0.39 is 34.6 Å². The maximum atomic E-state index is 12.5. The van der Waals surface area contributed by atoms with Crippen LogP contribution in [0.2, 0.25) is 5.02 Å². The van der Waals surface area contributed by atoms with Crippen molar-refractivity contribution in [2.45, 2.75) is 26.3 Å². The minimum absolute atomic E-state index is 0.124. The zero-order valence-corrected chi connectivity index (χ0v) is 12.5. The Morgan fingerprint density at radius 3 is 2.38 bits per heavy atom. The number of carboxylic acids is 1. The van der Waals surface area contributed by atoms with Crippen molar-refractivity contribution in [2.24, 2.45) is 0 Å². The van der Waals surface area contributed by atoms with Gasteiger partial charge in [0.2, 0.25) is 0 Å². The van der Waals surface area contributed by atoms with Crippen LogP contribution < -0.4 is 0 Å². The molecule has 1 rings (SSSR count). The Morgan fingerprint density at radius 2 is 1.95 bits per heavy atom. The highest BCUT2D eigenvalue weighted by Gasteiger charge is 2.33. The SMILES string of the molecule is CC(C)(C)N(CC(=O)O)C(=O)c1ccc(Cl)cc1[N+](=O)[O-]. The molecule has 0 fully saturated rings. The maximum Gasteiger partial charge on any atom is 0.323 e. The van der Waals surface area contributed by atoms with Gasteiger partial charge in [0, 0.05) is 16.6 Å². The number of carboxylic acid groups (broad SMARTS) is 1. The predicted octanol–water partition coefficient (Wildman–Crippen LogP) is 2.57. The molecule has 0 aliphatic rings. The third-order valence-corrected chi connectivity index (χ3v) is 2.97. The summed E-state index contributed by atoms with van der Waals surface area (Å²) < 4.78 is 0. The summed E-state index contributed by atoms with van der Waals surface area (Å²) in [5.74, 6) is -1.93. The van der Waals surface area contributed by atoms with Gasteiger partial charge in [-0.15, -0.1) is 0 Å². The molecule has 0 aliphatic carbocycles. The molecular weight excluding hydrogens is 300 g/mol. The number of halogens is 1. The predicted molar refractivity (Wildman–Crippen MR) is 76.5 cm³/mol. The molecule has 8 heteroatoms. The number of nitro benzene ring substituents is 1. The standard InChI is InChI=1S/C13H15ClN2O5/c1-13(2,3)15(7-11(17)18)12(19)9-5-4-8(14)6-10(9)16(20)21/h4-6H,7H2,1-3H3,(H,17,18). The number of carbonyl (C=O) groups is 2. The van der Waals surface area contributed by atoms with Crippen LogP contribution in [0.3, 0.4) is 0 Å². The van der Waals surface area contributed by atoms with Crippen LogP contribution in [0.25, 0.3) is 0 Å². The zero-order chi connectivity index (χ0) is 16.4. The van der Waals surface area contributed by atoms with Crippen LogP contribution in [0.5, 0.6) is 0 Å². The highest BCUT2D eigenvalue weighted by molar-refractivity contribution is 6.31. The van der Waals surface area contributed by atoms with Gasteiger partial charge in [0.25, 0.3) is 11.6 Å². The molecule has 0 bridgehead atoms. The lowest BCUT2D eigenvalue weighted by Crippen LogP contribution is -2.48. The Bertz CT molecular complexity index is 595. The van der Waals surface area contributed by atoms with E-state index in [4.69, 9.17) is 16.7 Å². The minimum atomic E-state index is -1.20. The number of nitro groups is 1. The fraction of sp³-hybridized carbons (Fsp3) is 0.385. The molecule has 1 amide bonds. The number of rotatable bonds is 4. The van der Waals surface area contributed by atoms with E-state index in [2.05, 4.69) is 0 Å². The first-order valence-electron chi connectivity index (χ1n) is 6.01. The van der Waals surface area contributed by atoms with Crippen molar-refractivity contribution in [3.8, 4) is 0 Å². The fourth-order valence-corrected chi connectivity index (χ4v) is 1.90. The fourth-order valence-electron chi connectivity index (χ4n) is 1.73. The molecule has 0 spiro atoms. The van der Waals surface area contributed by atoms with Crippen molar-refractivity contribution in [3.63, 3.8) is 0 Å². The van der Waals surface area contributed by atoms with E-state index in [1.165, 1.54) is 12.1 Å². The lowest BCUT2D eigenvalue weighted by molar-refractivity contribution is -0.385. The van der Waals surface area contributed by atoms with Crippen LogP contribution >= 0.6 is 11.6 Å². The molecule has 0 saturated heterocycles. The normalized spacial score (nSPS) is 11.0. The molecule has 21 heavy (non-hydrogen) atoms. The number of carbonyl (C=O) groups excluding carboxylic acids is 1. The van der Waals surface area contributed by atoms with Crippen LogP contribution in [0.1, 0.15) is 31.1 Å². The van der Waals surface area contributed by atoms with Gasteiger partial charge in [-0.2, -0.15) is 0 Å². The average Bonchev–Trinajstić information content (AvgIpc) is 2.33. The Labute approximate surface area is 126 Å². The van der Waals surface area contributed by atoms with Gasteiger partial charge in [-0.05, 0) is 32.9 Å². The summed E-state index contributed by atoms with van der Waals surface area (Å²) in [5.41, 5.74) is -1.45. The summed E-state index contributed by atoms with van der Waals surface area (Å²) in [5, 5.41) is 20.1. The second kappa shape index (κ2) is 6.09. The maximum absolute atomic E-state index is 12.5. The highest BCUT2D eigenvalue weighted by Crippen LogP contribution is 2.26. The molecule has 1 aromatic carbocycles. The molecule has 0 aliphatic heterocycles. The third kappa shape index (κ3) is 4.16. The number of amides is 1. The van der Waals surface area contributed by atoms with Crippen LogP contribution in [-0.2, 0) is 4.79 Å². The average molecular weight is 315 g/mol. The van der Waals surface area contributed by atoms with Crippen molar-refractivity contribution >= 4 is 29.2 Å². The van der Waals surface area contributed by atoms with Crippen LogP contribution in [0, 0.1) is 10.1 Å². The van der Waals surface area contributed by atoms with Crippen molar-refractivity contribution in [1.82, 2.24) is 4.90 Å². The largest absolute Gasteiger partial charge is 0.480 e. The second-order valence-electron chi connectivity index (χ2n) is 5.37. The Hall–Kier alpha value is -2.15. The molecule has 1 aromatic rings. The van der Waals surface area contributed by atoms with E-state index in [0.717, 1.165) is 11.0 Å². The summed E-state index contributed by atoms with van der Waals surface area (Å²) >= 11 is 5.70. The van der Waals surface area contributed by atoms with Crippen LogP contribution in [-0.4, -0.2) is 38.9 Å². The molecular formula is C13H15ClN2O5. The molecule has 0 aromatic heterocycles. The smallest absolute Gasteiger partial charge is 0.323 e. The summed E-state index contributed by atoms with van der Waals surface area (Å²) in [4.78, 5) is 34.8. The number of hydrogen-bond donors (Lipinski definition) is 1. The molecule has 1 N–H and O–H groups in total. The Morgan fingerprint density at radius 1 is 1.38 bits per heavy atom. The lowest BCUT2D eigenvalue weighted by atomic mass is 10.0. The molecule has 0 radical (unpaired) electrons. The highest BCUT2D eigenvalue weighted by atomic mass is 35.5. The van der Waals surface area contributed by atoms with Gasteiger partial charge in [0.05, 0.1) is 4.92 Å². The van der Waals surface area contributed by atoms with E-state index in [-0.39, 0.29) is 10.6 Å². The van der Waals surface area contributed by atoms with Gasteiger partial charge in [-0.25, -0.2) is 0 Å². The first kappa shape index (κ1) is 16.9. The molecule has 7 nitrogen and oxygen atoms in total. The minimum Gasteiger partial charge on any atom is -0.480 e. The second-order valence-corrected chi connectivity index (χ2v) is 5.81. The van der Waals surface area contributed by atoms with Gasteiger partial charge in [-0.1, -0.05) is 11.6 Å². The number of nitrogens with zero attached hydrogens (tertiary/aromatic N) is 2.